The summed E-state index contributed by atoms with van der Waals surface area (Å²) < 4.78 is 6.79. The molecule has 11 aromatic carbocycles. The smallest absolute Gasteiger partial charge is 0.159 e. The Hall–Kier alpha value is -7.68. The molecule has 0 fully saturated rings. The van der Waals surface area contributed by atoms with Crippen LogP contribution in [0.15, 0.2) is 192 Å². The van der Waals surface area contributed by atoms with Gasteiger partial charge in [-0.3, -0.25) is 0 Å². The van der Waals surface area contributed by atoms with Crippen LogP contribution in [-0.4, -0.2) is 0 Å². The highest BCUT2D eigenvalue weighted by Gasteiger charge is 2.40. The number of hydrogen-bond donors (Lipinski definition) is 0. The molecule has 0 spiro atoms. The van der Waals surface area contributed by atoms with Crippen LogP contribution in [0.1, 0.15) is 49.9 Å². The van der Waals surface area contributed by atoms with Gasteiger partial charge in [0.1, 0.15) is 5.58 Å². The van der Waals surface area contributed by atoms with Crippen molar-refractivity contribution in [2.24, 2.45) is 0 Å². The van der Waals surface area contributed by atoms with E-state index in [0.29, 0.717) is 0 Å². The van der Waals surface area contributed by atoms with E-state index in [1.54, 1.807) is 0 Å². The number of fused-ring (bicyclic) bond motifs is 18. The number of nitrogens with zero attached hydrogens (tertiary/aromatic N) is 1. The molecule has 2 aliphatic rings. The van der Waals surface area contributed by atoms with Crippen molar-refractivity contribution in [3.05, 3.63) is 210 Å². The Morgan fingerprint density at radius 2 is 0.922 bits per heavy atom. The number of para-hydroxylation sites is 2. The Labute approximate surface area is 371 Å². The Balaban J connectivity index is 0.980. The van der Waals surface area contributed by atoms with Gasteiger partial charge in [0.2, 0.25) is 0 Å². The summed E-state index contributed by atoms with van der Waals surface area (Å²) in [7, 11) is 0. The zero-order valence-electron chi connectivity index (χ0n) is 36.3. The molecule has 0 N–H and O–H groups in total. The lowest BCUT2D eigenvalue weighted by atomic mass is 9.78. The van der Waals surface area contributed by atoms with Crippen LogP contribution < -0.4 is 4.90 Å². The molecule has 0 bridgehead atoms. The summed E-state index contributed by atoms with van der Waals surface area (Å²) in [5.74, 6) is 0. The summed E-state index contributed by atoms with van der Waals surface area (Å²) in [6.07, 6.45) is 0. The van der Waals surface area contributed by atoms with Gasteiger partial charge in [0.25, 0.3) is 0 Å². The standard InChI is InChI=1S/C62H43NO/c1-61(2)53-34-37-15-6-5-14-36(37)32-51(53)52-33-38-24-26-41(31-40(38)35-54(52)61)63(55-22-13-21-49-46-18-11-12-23-56(46)64-60(49)55)42-27-29-43-39(30-42)25-28-50-57-47-19-9-7-16-44(47)45-17-8-10-20-48(45)59(57)62(3,4)58(43)50/h5-35H,1-4H3. The van der Waals surface area contributed by atoms with Crippen LogP contribution in [0.5, 0.6) is 0 Å². The summed E-state index contributed by atoms with van der Waals surface area (Å²) in [5.41, 5.74) is 15.6. The largest absolute Gasteiger partial charge is 0.454 e. The lowest BCUT2D eigenvalue weighted by molar-refractivity contribution is 0.662. The van der Waals surface area contributed by atoms with E-state index in [2.05, 4.69) is 221 Å². The van der Waals surface area contributed by atoms with Gasteiger partial charge in [-0.2, -0.15) is 0 Å². The van der Waals surface area contributed by atoms with Crippen molar-refractivity contribution in [1.29, 1.82) is 0 Å². The van der Waals surface area contributed by atoms with Crippen LogP contribution in [0, 0.1) is 0 Å². The van der Waals surface area contributed by atoms with Gasteiger partial charge in [0.05, 0.1) is 5.69 Å². The van der Waals surface area contributed by atoms with Crippen LogP contribution in [0.4, 0.5) is 17.1 Å². The summed E-state index contributed by atoms with van der Waals surface area (Å²) in [6.45, 7) is 9.62. The molecule has 2 aliphatic carbocycles. The first-order chi connectivity index (χ1) is 31.2. The fraction of sp³-hybridized carbons (Fsp3) is 0.0968. The van der Waals surface area contributed by atoms with Gasteiger partial charge in [-0.1, -0.05) is 155 Å². The van der Waals surface area contributed by atoms with E-state index in [4.69, 9.17) is 4.42 Å². The monoisotopic (exact) mass is 817 g/mol. The average Bonchev–Trinajstić information content (AvgIpc) is 3.90. The molecule has 12 aromatic rings. The Morgan fingerprint density at radius 3 is 1.69 bits per heavy atom. The van der Waals surface area contributed by atoms with E-state index < -0.39 is 0 Å². The number of hydrogen-bond acceptors (Lipinski definition) is 2. The first kappa shape index (κ1) is 35.9. The van der Waals surface area contributed by atoms with Crippen LogP contribution in [0.25, 0.3) is 98.1 Å². The SMILES string of the molecule is CC1(C)c2cc3ccccc3cc2-c2cc3ccc(N(c4ccc5c6c(ccc5c4)-c4c(c5ccccc5c5ccccc45)C6(C)C)c4cccc5c4oc4ccccc45)cc3cc21. The molecule has 0 saturated heterocycles. The molecule has 2 heteroatoms. The van der Waals surface area contributed by atoms with E-state index in [1.807, 2.05) is 0 Å². The normalized spacial score (nSPS) is 14.5. The third-order valence-electron chi connectivity index (χ3n) is 15.1. The zero-order valence-corrected chi connectivity index (χ0v) is 36.3. The maximum absolute atomic E-state index is 6.79. The average molecular weight is 818 g/mol. The molecule has 1 aromatic heterocycles. The summed E-state index contributed by atoms with van der Waals surface area (Å²) in [6, 6.07) is 70.2. The quantitative estimate of drug-likeness (QED) is 0.165. The van der Waals surface area contributed by atoms with Crippen molar-refractivity contribution in [2.45, 2.75) is 38.5 Å². The summed E-state index contributed by atoms with van der Waals surface area (Å²) in [4.78, 5) is 2.41. The lowest BCUT2D eigenvalue weighted by Gasteiger charge is -2.28. The van der Waals surface area contributed by atoms with Crippen molar-refractivity contribution in [3.63, 3.8) is 0 Å². The zero-order chi connectivity index (χ0) is 42.6. The van der Waals surface area contributed by atoms with Crippen molar-refractivity contribution < 1.29 is 4.42 Å². The Kier molecular flexibility index (Phi) is 7.00. The Morgan fingerprint density at radius 1 is 0.359 bits per heavy atom. The predicted molar refractivity (Wildman–Crippen MR) is 271 cm³/mol. The third-order valence-corrected chi connectivity index (χ3v) is 15.1. The second-order valence-electron chi connectivity index (χ2n) is 19.2. The van der Waals surface area contributed by atoms with Crippen molar-refractivity contribution in [1.82, 2.24) is 0 Å². The van der Waals surface area contributed by atoms with E-state index in [1.165, 1.54) is 98.4 Å². The minimum absolute atomic E-state index is 0.136. The van der Waals surface area contributed by atoms with Crippen LogP contribution in [0.2, 0.25) is 0 Å². The van der Waals surface area contributed by atoms with Crippen LogP contribution >= 0.6 is 0 Å². The van der Waals surface area contributed by atoms with E-state index in [9.17, 15) is 0 Å². The molecule has 0 radical (unpaired) electrons. The highest BCUT2D eigenvalue weighted by molar-refractivity contribution is 6.20. The highest BCUT2D eigenvalue weighted by Crippen LogP contribution is 2.57. The molecule has 0 atom stereocenters. The topological polar surface area (TPSA) is 16.4 Å². The highest BCUT2D eigenvalue weighted by atomic mass is 16.3. The minimum atomic E-state index is -0.215. The van der Waals surface area contributed by atoms with Gasteiger partial charge >= 0.3 is 0 Å². The van der Waals surface area contributed by atoms with Gasteiger partial charge in [0, 0.05) is 33.0 Å². The second-order valence-corrected chi connectivity index (χ2v) is 19.2. The number of rotatable bonds is 3. The maximum atomic E-state index is 6.79. The molecule has 302 valence electrons. The van der Waals surface area contributed by atoms with E-state index >= 15 is 0 Å². The molecule has 0 unspecified atom stereocenters. The van der Waals surface area contributed by atoms with Gasteiger partial charge in [-0.25, -0.2) is 0 Å². The molecule has 0 amide bonds. The number of benzene rings is 11. The van der Waals surface area contributed by atoms with Gasteiger partial charge in [-0.05, 0) is 159 Å². The van der Waals surface area contributed by atoms with E-state index in [-0.39, 0.29) is 10.8 Å². The molecule has 0 aliphatic heterocycles. The summed E-state index contributed by atoms with van der Waals surface area (Å²) >= 11 is 0. The molecule has 0 saturated carbocycles. The summed E-state index contributed by atoms with van der Waals surface area (Å²) in [5, 5.41) is 15.1. The number of furan rings is 1. The molecule has 2 nitrogen and oxygen atoms in total. The molecule has 1 heterocycles. The van der Waals surface area contributed by atoms with Gasteiger partial charge in [0.15, 0.2) is 5.58 Å². The molecular formula is C62H43NO. The van der Waals surface area contributed by atoms with Crippen molar-refractivity contribution in [3.8, 4) is 22.3 Å². The van der Waals surface area contributed by atoms with Gasteiger partial charge in [-0.15, -0.1) is 0 Å². The fourth-order valence-corrected chi connectivity index (χ4v) is 12.2. The lowest BCUT2D eigenvalue weighted by Crippen LogP contribution is -2.16. The Bertz CT molecular complexity index is 4030. The first-order valence-corrected chi connectivity index (χ1v) is 22.6. The molecule has 64 heavy (non-hydrogen) atoms. The maximum Gasteiger partial charge on any atom is 0.159 e. The number of anilines is 3. The van der Waals surface area contributed by atoms with Crippen LogP contribution in [0.3, 0.4) is 0 Å². The molecule has 14 rings (SSSR count). The minimum Gasteiger partial charge on any atom is -0.454 e. The third kappa shape index (κ3) is 4.70. The second kappa shape index (κ2) is 12.5. The van der Waals surface area contributed by atoms with E-state index in [0.717, 1.165) is 39.0 Å². The van der Waals surface area contributed by atoms with Gasteiger partial charge < -0.3 is 9.32 Å². The van der Waals surface area contributed by atoms with Crippen molar-refractivity contribution >= 4 is 92.9 Å². The van der Waals surface area contributed by atoms with Crippen LogP contribution in [-0.2, 0) is 10.8 Å². The fourth-order valence-electron chi connectivity index (χ4n) is 12.2. The molecular weight excluding hydrogens is 775 g/mol. The predicted octanol–water partition coefficient (Wildman–Crippen LogP) is 17.4. The first-order valence-electron chi connectivity index (χ1n) is 22.6. The van der Waals surface area contributed by atoms with Crippen molar-refractivity contribution in [2.75, 3.05) is 4.90 Å².